The Labute approximate surface area is 119 Å². The summed E-state index contributed by atoms with van der Waals surface area (Å²) < 4.78 is 0. The zero-order valence-electron chi connectivity index (χ0n) is 8.48. The van der Waals surface area contributed by atoms with Crippen molar-refractivity contribution in [3.05, 3.63) is 50.4 Å². The van der Waals surface area contributed by atoms with Crippen LogP contribution in [-0.4, -0.2) is 0 Å². The summed E-state index contributed by atoms with van der Waals surface area (Å²) in [4.78, 5) is 0. The van der Waals surface area contributed by atoms with Gasteiger partial charge in [0.1, 0.15) is 0 Å². The minimum atomic E-state index is 0.331. The summed E-state index contributed by atoms with van der Waals surface area (Å²) in [6, 6.07) is 8.79. The minimum Gasteiger partial charge on any atom is -0.398 e. The Morgan fingerprint density at radius 2 is 1.41 bits per heavy atom. The van der Waals surface area contributed by atoms with Crippen LogP contribution in [0.15, 0.2) is 30.3 Å². The average Bonchev–Trinajstić information content (AvgIpc) is 2.29. The van der Waals surface area contributed by atoms with Crippen molar-refractivity contribution in [1.82, 2.24) is 0 Å². The van der Waals surface area contributed by atoms with Gasteiger partial charge in [0.25, 0.3) is 0 Å². The lowest BCUT2D eigenvalue weighted by atomic mass is 10.1. The van der Waals surface area contributed by atoms with Crippen LogP contribution in [0.25, 0.3) is 11.1 Å². The van der Waals surface area contributed by atoms with E-state index < -0.39 is 0 Å². The molecular weight excluding hydrogens is 300 g/mol. The van der Waals surface area contributed by atoms with Crippen molar-refractivity contribution in [2.75, 3.05) is 5.73 Å². The molecule has 2 aromatic carbocycles. The molecule has 2 N–H and O–H groups in total. The molecule has 0 atom stereocenters. The SMILES string of the molecule is Nc1cccc(-c2cc(Cl)c(Cl)c(Cl)c2)c1Cl. The third-order valence-corrected chi connectivity index (χ3v) is 3.94. The van der Waals surface area contributed by atoms with Gasteiger partial charge in [-0.05, 0) is 23.8 Å². The molecule has 0 radical (unpaired) electrons. The molecule has 0 saturated carbocycles. The highest BCUT2D eigenvalue weighted by Crippen LogP contribution is 2.38. The van der Waals surface area contributed by atoms with E-state index in [9.17, 15) is 0 Å². The molecule has 0 amide bonds. The highest BCUT2D eigenvalue weighted by atomic mass is 35.5. The number of hydrogen-bond acceptors (Lipinski definition) is 1. The molecule has 17 heavy (non-hydrogen) atoms. The molecule has 0 fully saturated rings. The lowest BCUT2D eigenvalue weighted by Gasteiger charge is -2.09. The highest BCUT2D eigenvalue weighted by Gasteiger charge is 2.11. The van der Waals surface area contributed by atoms with E-state index in [0.29, 0.717) is 25.8 Å². The Morgan fingerprint density at radius 1 is 0.824 bits per heavy atom. The maximum Gasteiger partial charge on any atom is 0.0778 e. The highest BCUT2D eigenvalue weighted by molar-refractivity contribution is 6.48. The van der Waals surface area contributed by atoms with Crippen LogP contribution in [0.3, 0.4) is 0 Å². The average molecular weight is 307 g/mol. The van der Waals surface area contributed by atoms with E-state index in [1.807, 2.05) is 12.1 Å². The van der Waals surface area contributed by atoms with Gasteiger partial charge >= 0.3 is 0 Å². The summed E-state index contributed by atoms with van der Waals surface area (Å²) in [5.41, 5.74) is 7.80. The number of benzene rings is 2. The van der Waals surface area contributed by atoms with E-state index in [-0.39, 0.29) is 0 Å². The molecule has 0 unspecified atom stereocenters. The number of halogens is 4. The smallest absolute Gasteiger partial charge is 0.0778 e. The van der Waals surface area contributed by atoms with Gasteiger partial charge in [0.05, 0.1) is 25.8 Å². The normalized spacial score (nSPS) is 10.6. The number of anilines is 1. The largest absolute Gasteiger partial charge is 0.398 e. The van der Waals surface area contributed by atoms with Crippen LogP contribution in [0.2, 0.25) is 20.1 Å². The topological polar surface area (TPSA) is 26.0 Å². The van der Waals surface area contributed by atoms with Crippen LogP contribution in [0.5, 0.6) is 0 Å². The Balaban J connectivity index is 2.65. The molecule has 0 aliphatic rings. The fraction of sp³-hybridized carbons (Fsp3) is 0. The van der Waals surface area contributed by atoms with Gasteiger partial charge in [0.15, 0.2) is 0 Å². The maximum atomic E-state index is 6.13. The third-order valence-electron chi connectivity index (χ3n) is 2.32. The molecule has 0 bridgehead atoms. The first-order valence-corrected chi connectivity index (χ1v) is 6.21. The second-order valence-corrected chi connectivity index (χ2v) is 5.03. The lowest BCUT2D eigenvalue weighted by molar-refractivity contribution is 1.61. The van der Waals surface area contributed by atoms with E-state index in [1.54, 1.807) is 18.2 Å². The second kappa shape index (κ2) is 4.95. The van der Waals surface area contributed by atoms with Crippen LogP contribution in [0, 0.1) is 0 Å². The predicted molar refractivity (Wildman–Crippen MR) is 76.3 cm³/mol. The summed E-state index contributed by atoms with van der Waals surface area (Å²) in [5.74, 6) is 0. The monoisotopic (exact) mass is 305 g/mol. The van der Waals surface area contributed by atoms with E-state index >= 15 is 0 Å². The predicted octanol–water partition coefficient (Wildman–Crippen LogP) is 5.55. The molecule has 0 saturated heterocycles. The van der Waals surface area contributed by atoms with Crippen LogP contribution < -0.4 is 5.73 Å². The molecule has 88 valence electrons. The van der Waals surface area contributed by atoms with E-state index in [0.717, 1.165) is 11.1 Å². The van der Waals surface area contributed by atoms with Gasteiger partial charge in [-0.3, -0.25) is 0 Å². The molecule has 2 aromatic rings. The Morgan fingerprint density at radius 3 is 2.00 bits per heavy atom. The van der Waals surface area contributed by atoms with Gasteiger partial charge in [0.2, 0.25) is 0 Å². The number of rotatable bonds is 1. The molecule has 0 aliphatic carbocycles. The molecule has 0 heterocycles. The van der Waals surface area contributed by atoms with Gasteiger partial charge in [-0.2, -0.15) is 0 Å². The Kier molecular flexibility index (Phi) is 3.74. The van der Waals surface area contributed by atoms with Crippen molar-refractivity contribution >= 4 is 52.1 Å². The number of nitrogen functional groups attached to an aromatic ring is 1. The van der Waals surface area contributed by atoms with Crippen molar-refractivity contribution in [1.29, 1.82) is 0 Å². The molecule has 1 nitrogen and oxygen atoms in total. The quantitative estimate of drug-likeness (QED) is 0.542. The van der Waals surface area contributed by atoms with Crippen molar-refractivity contribution in [3.63, 3.8) is 0 Å². The Hall–Kier alpha value is -0.600. The van der Waals surface area contributed by atoms with Gasteiger partial charge in [-0.15, -0.1) is 0 Å². The zero-order chi connectivity index (χ0) is 12.6. The van der Waals surface area contributed by atoms with E-state index in [1.165, 1.54) is 0 Å². The standard InChI is InChI=1S/C12H7Cl4N/c13-8-4-6(5-9(14)12(8)16)7-2-1-3-10(17)11(7)15/h1-5H,17H2. The first-order valence-electron chi connectivity index (χ1n) is 4.69. The first kappa shape index (κ1) is 12.8. The van der Waals surface area contributed by atoms with Crippen molar-refractivity contribution in [3.8, 4) is 11.1 Å². The van der Waals surface area contributed by atoms with Gasteiger partial charge < -0.3 is 5.73 Å². The van der Waals surface area contributed by atoms with Crippen molar-refractivity contribution < 1.29 is 0 Å². The Bertz CT molecular complexity index is 558. The molecular formula is C12H7Cl4N. The molecule has 0 aromatic heterocycles. The fourth-order valence-electron chi connectivity index (χ4n) is 1.48. The van der Waals surface area contributed by atoms with E-state index in [2.05, 4.69) is 0 Å². The summed E-state index contributed by atoms with van der Waals surface area (Å²) in [6.07, 6.45) is 0. The first-order chi connectivity index (χ1) is 8.00. The summed E-state index contributed by atoms with van der Waals surface area (Å²) in [7, 11) is 0. The summed E-state index contributed by atoms with van der Waals surface area (Å²) in [6.45, 7) is 0. The lowest BCUT2D eigenvalue weighted by Crippen LogP contribution is -1.89. The van der Waals surface area contributed by atoms with Crippen LogP contribution >= 0.6 is 46.4 Å². The fourth-order valence-corrected chi connectivity index (χ4v) is 2.32. The van der Waals surface area contributed by atoms with Gasteiger partial charge in [0, 0.05) is 5.56 Å². The molecule has 2 rings (SSSR count). The second-order valence-electron chi connectivity index (χ2n) is 3.46. The van der Waals surface area contributed by atoms with Crippen molar-refractivity contribution in [2.45, 2.75) is 0 Å². The third kappa shape index (κ3) is 2.48. The number of nitrogens with two attached hydrogens (primary N) is 1. The molecule has 5 heteroatoms. The van der Waals surface area contributed by atoms with Crippen LogP contribution in [0.4, 0.5) is 5.69 Å². The van der Waals surface area contributed by atoms with E-state index in [4.69, 9.17) is 52.1 Å². The maximum absolute atomic E-state index is 6.13. The van der Waals surface area contributed by atoms with Crippen LogP contribution in [-0.2, 0) is 0 Å². The van der Waals surface area contributed by atoms with Gasteiger partial charge in [-0.1, -0.05) is 58.5 Å². The zero-order valence-corrected chi connectivity index (χ0v) is 11.5. The van der Waals surface area contributed by atoms with Crippen molar-refractivity contribution in [2.24, 2.45) is 0 Å². The van der Waals surface area contributed by atoms with Gasteiger partial charge in [-0.25, -0.2) is 0 Å². The molecule has 0 spiro atoms. The summed E-state index contributed by atoms with van der Waals surface area (Å²) >= 11 is 24.0. The molecule has 0 aliphatic heterocycles. The minimum absolute atomic E-state index is 0.331. The number of hydrogen-bond donors (Lipinski definition) is 1. The van der Waals surface area contributed by atoms with Crippen LogP contribution in [0.1, 0.15) is 0 Å². The summed E-state index contributed by atoms with van der Waals surface area (Å²) in [5, 5.41) is 1.57.